The van der Waals surface area contributed by atoms with Gasteiger partial charge in [-0.05, 0) is 38.1 Å². The van der Waals surface area contributed by atoms with Gasteiger partial charge in [-0.3, -0.25) is 4.79 Å². The van der Waals surface area contributed by atoms with Crippen molar-refractivity contribution in [1.29, 1.82) is 0 Å². The van der Waals surface area contributed by atoms with Crippen molar-refractivity contribution in [2.75, 3.05) is 7.05 Å². The Morgan fingerprint density at radius 1 is 1.54 bits per heavy atom. The summed E-state index contributed by atoms with van der Waals surface area (Å²) in [5.41, 5.74) is -0.674. The number of hydrogen-bond acceptors (Lipinski definition) is 2. The molecule has 2 N–H and O–H groups in total. The number of carbonyl (C=O) groups is 1. The third-order valence-electron chi connectivity index (χ3n) is 3.46. The molecule has 76 valence electrons. The quantitative estimate of drug-likeness (QED) is 0.685. The van der Waals surface area contributed by atoms with Crippen LogP contribution in [0.3, 0.4) is 0 Å². The molecule has 0 spiro atoms. The lowest BCUT2D eigenvalue weighted by Crippen LogP contribution is -2.57. The summed E-state index contributed by atoms with van der Waals surface area (Å²) < 4.78 is 0. The van der Waals surface area contributed by atoms with Crippen LogP contribution in [-0.4, -0.2) is 23.7 Å². The molecule has 1 aliphatic rings. The van der Waals surface area contributed by atoms with E-state index in [-0.39, 0.29) is 5.92 Å². The number of hydrogen-bond donors (Lipinski definition) is 2. The van der Waals surface area contributed by atoms with Crippen LogP contribution in [-0.2, 0) is 4.79 Å². The Morgan fingerprint density at radius 2 is 2.15 bits per heavy atom. The Balaban J connectivity index is 2.81. The maximum absolute atomic E-state index is 11.2. The van der Waals surface area contributed by atoms with Crippen molar-refractivity contribution in [3.8, 4) is 0 Å². The molecule has 1 saturated carbocycles. The van der Waals surface area contributed by atoms with Crippen molar-refractivity contribution >= 4 is 5.97 Å². The molecule has 1 rings (SSSR count). The number of likely N-dealkylation sites (N-methyl/N-ethyl adjacent to an activating group) is 1. The standard InChI is InChI=1S/C10H19NO2/c1-7-4-5-10(11-3,9(12)13)8(2)6-7/h7-8,11H,4-6H2,1-3H3,(H,12,13). The highest BCUT2D eigenvalue weighted by atomic mass is 16.4. The van der Waals surface area contributed by atoms with Crippen molar-refractivity contribution < 1.29 is 9.90 Å². The van der Waals surface area contributed by atoms with Gasteiger partial charge >= 0.3 is 5.97 Å². The highest BCUT2D eigenvalue weighted by Crippen LogP contribution is 2.36. The van der Waals surface area contributed by atoms with Crippen molar-refractivity contribution in [3.05, 3.63) is 0 Å². The second kappa shape index (κ2) is 3.66. The van der Waals surface area contributed by atoms with E-state index in [1.807, 2.05) is 6.92 Å². The maximum Gasteiger partial charge on any atom is 0.324 e. The number of rotatable bonds is 2. The highest BCUT2D eigenvalue weighted by molar-refractivity contribution is 5.79. The summed E-state index contributed by atoms with van der Waals surface area (Å²) in [5.74, 6) is 0.184. The monoisotopic (exact) mass is 185 g/mol. The van der Waals surface area contributed by atoms with Gasteiger partial charge in [0, 0.05) is 0 Å². The Bertz CT molecular complexity index is 205. The van der Waals surface area contributed by atoms with Gasteiger partial charge in [0.05, 0.1) is 0 Å². The molecule has 3 atom stereocenters. The van der Waals surface area contributed by atoms with E-state index in [4.69, 9.17) is 0 Å². The summed E-state index contributed by atoms with van der Waals surface area (Å²) in [6.45, 7) is 4.22. The van der Waals surface area contributed by atoms with Gasteiger partial charge in [-0.1, -0.05) is 13.8 Å². The minimum atomic E-state index is -0.700. The largest absolute Gasteiger partial charge is 0.480 e. The van der Waals surface area contributed by atoms with E-state index in [0.29, 0.717) is 5.92 Å². The predicted octanol–water partition coefficient (Wildman–Crippen LogP) is 1.49. The van der Waals surface area contributed by atoms with Crippen LogP contribution in [0.1, 0.15) is 33.1 Å². The minimum absolute atomic E-state index is 0.221. The molecule has 1 fully saturated rings. The van der Waals surface area contributed by atoms with Crippen LogP contribution >= 0.6 is 0 Å². The fourth-order valence-electron chi connectivity index (χ4n) is 2.44. The molecular weight excluding hydrogens is 166 g/mol. The van der Waals surface area contributed by atoms with Crippen LogP contribution in [0.4, 0.5) is 0 Å². The van der Waals surface area contributed by atoms with Gasteiger partial charge in [0.2, 0.25) is 0 Å². The van der Waals surface area contributed by atoms with Crippen molar-refractivity contribution in [2.45, 2.75) is 38.6 Å². The molecule has 13 heavy (non-hydrogen) atoms. The summed E-state index contributed by atoms with van der Waals surface area (Å²) in [6.07, 6.45) is 2.77. The topological polar surface area (TPSA) is 49.3 Å². The van der Waals surface area contributed by atoms with E-state index in [2.05, 4.69) is 12.2 Å². The van der Waals surface area contributed by atoms with E-state index < -0.39 is 11.5 Å². The lowest BCUT2D eigenvalue weighted by atomic mass is 9.70. The number of aliphatic carboxylic acids is 1. The molecular formula is C10H19NO2. The van der Waals surface area contributed by atoms with Gasteiger partial charge in [0.25, 0.3) is 0 Å². The van der Waals surface area contributed by atoms with Gasteiger partial charge in [0.15, 0.2) is 0 Å². The zero-order chi connectivity index (χ0) is 10.1. The van der Waals surface area contributed by atoms with Gasteiger partial charge in [-0.15, -0.1) is 0 Å². The van der Waals surface area contributed by atoms with Gasteiger partial charge in [-0.2, -0.15) is 0 Å². The van der Waals surface area contributed by atoms with Crippen LogP contribution in [0, 0.1) is 11.8 Å². The fourth-order valence-corrected chi connectivity index (χ4v) is 2.44. The molecule has 0 bridgehead atoms. The predicted molar refractivity (Wildman–Crippen MR) is 51.6 cm³/mol. The van der Waals surface area contributed by atoms with Gasteiger partial charge in [0.1, 0.15) is 5.54 Å². The molecule has 0 radical (unpaired) electrons. The van der Waals surface area contributed by atoms with Crippen LogP contribution in [0.25, 0.3) is 0 Å². The van der Waals surface area contributed by atoms with E-state index >= 15 is 0 Å². The Kier molecular flexibility index (Phi) is 2.96. The molecule has 0 aromatic rings. The molecule has 1 aliphatic carbocycles. The van der Waals surface area contributed by atoms with Crippen molar-refractivity contribution in [2.24, 2.45) is 11.8 Å². The summed E-state index contributed by atoms with van der Waals surface area (Å²) >= 11 is 0. The molecule has 0 amide bonds. The van der Waals surface area contributed by atoms with Gasteiger partial charge < -0.3 is 10.4 Å². The molecule has 3 nitrogen and oxygen atoms in total. The average Bonchev–Trinajstić information content (AvgIpc) is 2.04. The molecule has 0 saturated heterocycles. The summed E-state index contributed by atoms with van der Waals surface area (Å²) in [4.78, 5) is 11.2. The Morgan fingerprint density at radius 3 is 2.54 bits per heavy atom. The zero-order valence-corrected chi connectivity index (χ0v) is 8.63. The van der Waals surface area contributed by atoms with Crippen LogP contribution < -0.4 is 5.32 Å². The SMILES string of the molecule is CNC1(C(=O)O)CCC(C)CC1C. The first kappa shape index (κ1) is 10.5. The van der Waals surface area contributed by atoms with E-state index in [1.54, 1.807) is 7.05 Å². The second-order valence-corrected chi connectivity index (χ2v) is 4.31. The van der Waals surface area contributed by atoms with Crippen molar-refractivity contribution in [1.82, 2.24) is 5.32 Å². The third-order valence-corrected chi connectivity index (χ3v) is 3.46. The van der Waals surface area contributed by atoms with E-state index in [0.717, 1.165) is 19.3 Å². The number of carboxylic acids is 1. The van der Waals surface area contributed by atoms with Crippen LogP contribution in [0.2, 0.25) is 0 Å². The first-order valence-electron chi connectivity index (χ1n) is 4.95. The zero-order valence-electron chi connectivity index (χ0n) is 8.63. The molecule has 0 aromatic heterocycles. The van der Waals surface area contributed by atoms with E-state index in [9.17, 15) is 9.90 Å². The normalized spacial score (nSPS) is 40.2. The summed E-state index contributed by atoms with van der Waals surface area (Å²) in [7, 11) is 1.75. The van der Waals surface area contributed by atoms with Crippen LogP contribution in [0.15, 0.2) is 0 Å². The van der Waals surface area contributed by atoms with Gasteiger partial charge in [-0.25, -0.2) is 0 Å². The molecule has 3 unspecified atom stereocenters. The Hall–Kier alpha value is -0.570. The highest BCUT2D eigenvalue weighted by Gasteiger charge is 2.45. The Labute approximate surface area is 79.5 Å². The molecule has 0 aliphatic heterocycles. The fraction of sp³-hybridized carbons (Fsp3) is 0.900. The average molecular weight is 185 g/mol. The molecule has 0 heterocycles. The van der Waals surface area contributed by atoms with Crippen LogP contribution in [0.5, 0.6) is 0 Å². The number of nitrogens with one attached hydrogen (secondary N) is 1. The summed E-state index contributed by atoms with van der Waals surface area (Å²) in [5, 5.41) is 12.2. The smallest absolute Gasteiger partial charge is 0.324 e. The number of carboxylic acid groups (broad SMARTS) is 1. The molecule has 0 aromatic carbocycles. The lowest BCUT2D eigenvalue weighted by Gasteiger charge is -2.41. The first-order chi connectivity index (χ1) is 6.03. The second-order valence-electron chi connectivity index (χ2n) is 4.31. The lowest BCUT2D eigenvalue weighted by molar-refractivity contribution is -0.149. The first-order valence-corrected chi connectivity index (χ1v) is 4.95. The van der Waals surface area contributed by atoms with E-state index in [1.165, 1.54) is 0 Å². The van der Waals surface area contributed by atoms with Crippen molar-refractivity contribution in [3.63, 3.8) is 0 Å². The molecule has 3 heteroatoms. The third kappa shape index (κ3) is 1.70. The minimum Gasteiger partial charge on any atom is -0.480 e. The maximum atomic E-state index is 11.2. The summed E-state index contributed by atoms with van der Waals surface area (Å²) in [6, 6.07) is 0.